The number of aryl methyl sites for hydroxylation is 2. The van der Waals surface area contributed by atoms with Crippen LogP contribution in [0.2, 0.25) is 0 Å². The molecule has 0 amide bonds. The average molecular weight is 295 g/mol. The zero-order valence-electron chi connectivity index (χ0n) is 9.63. The van der Waals surface area contributed by atoms with Crippen LogP contribution in [0.4, 0.5) is 4.39 Å². The molecule has 88 valence electrons. The van der Waals surface area contributed by atoms with Gasteiger partial charge in [-0.05, 0) is 61.4 Å². The van der Waals surface area contributed by atoms with Gasteiger partial charge in [0.05, 0.1) is 0 Å². The monoisotopic (exact) mass is 294 g/mol. The minimum absolute atomic E-state index is 0.263. The largest absolute Gasteiger partial charge is 0.457 e. The molecule has 0 spiro atoms. The van der Waals surface area contributed by atoms with Crippen LogP contribution in [0.15, 0.2) is 40.9 Å². The molecule has 0 aliphatic heterocycles. The van der Waals surface area contributed by atoms with Gasteiger partial charge in [0.2, 0.25) is 0 Å². The van der Waals surface area contributed by atoms with E-state index in [-0.39, 0.29) is 5.82 Å². The maximum Gasteiger partial charge on any atom is 0.128 e. The molecule has 0 aliphatic carbocycles. The molecular weight excluding hydrogens is 283 g/mol. The molecular formula is C14H12BrFO. The van der Waals surface area contributed by atoms with E-state index in [0.29, 0.717) is 5.75 Å². The van der Waals surface area contributed by atoms with Gasteiger partial charge < -0.3 is 4.74 Å². The van der Waals surface area contributed by atoms with Gasteiger partial charge in [-0.3, -0.25) is 0 Å². The molecule has 0 radical (unpaired) electrons. The third kappa shape index (κ3) is 2.86. The van der Waals surface area contributed by atoms with E-state index >= 15 is 0 Å². The minimum atomic E-state index is -0.263. The zero-order chi connectivity index (χ0) is 12.4. The quantitative estimate of drug-likeness (QED) is 0.757. The van der Waals surface area contributed by atoms with Gasteiger partial charge in [-0.1, -0.05) is 15.9 Å². The van der Waals surface area contributed by atoms with E-state index in [9.17, 15) is 4.39 Å². The highest BCUT2D eigenvalue weighted by Crippen LogP contribution is 2.29. The van der Waals surface area contributed by atoms with Crippen LogP contribution in [-0.4, -0.2) is 0 Å². The standard InChI is InChI=1S/C14H12BrFO/c1-9-7-13(8-10(2)14(9)15)17-12-5-3-11(16)4-6-12/h3-8H,1-2H3. The lowest BCUT2D eigenvalue weighted by Crippen LogP contribution is -1.88. The summed E-state index contributed by atoms with van der Waals surface area (Å²) in [6.07, 6.45) is 0. The summed E-state index contributed by atoms with van der Waals surface area (Å²) in [5.41, 5.74) is 2.23. The number of rotatable bonds is 2. The summed E-state index contributed by atoms with van der Waals surface area (Å²) in [6.45, 7) is 4.02. The van der Waals surface area contributed by atoms with Crippen LogP contribution in [0.3, 0.4) is 0 Å². The fourth-order valence-electron chi connectivity index (χ4n) is 1.60. The third-order valence-electron chi connectivity index (χ3n) is 2.46. The van der Waals surface area contributed by atoms with Crippen LogP contribution in [0, 0.1) is 19.7 Å². The van der Waals surface area contributed by atoms with Crippen LogP contribution in [0.25, 0.3) is 0 Å². The van der Waals surface area contributed by atoms with Crippen molar-refractivity contribution in [3.63, 3.8) is 0 Å². The lowest BCUT2D eigenvalue weighted by Gasteiger charge is -2.09. The van der Waals surface area contributed by atoms with E-state index in [1.807, 2.05) is 26.0 Å². The predicted octanol–water partition coefficient (Wildman–Crippen LogP) is 5.00. The maximum atomic E-state index is 12.7. The number of hydrogen-bond donors (Lipinski definition) is 0. The molecule has 2 aromatic carbocycles. The molecule has 0 aliphatic rings. The van der Waals surface area contributed by atoms with E-state index in [1.54, 1.807) is 12.1 Å². The molecule has 17 heavy (non-hydrogen) atoms. The van der Waals surface area contributed by atoms with E-state index in [4.69, 9.17) is 4.74 Å². The van der Waals surface area contributed by atoms with Crippen LogP contribution < -0.4 is 4.74 Å². The second-order valence-corrected chi connectivity index (χ2v) is 4.72. The van der Waals surface area contributed by atoms with Gasteiger partial charge in [0.25, 0.3) is 0 Å². The Kier molecular flexibility index (Phi) is 3.48. The van der Waals surface area contributed by atoms with Crippen molar-refractivity contribution in [3.05, 3.63) is 57.8 Å². The van der Waals surface area contributed by atoms with Crippen LogP contribution >= 0.6 is 15.9 Å². The number of benzene rings is 2. The van der Waals surface area contributed by atoms with Gasteiger partial charge in [0.1, 0.15) is 17.3 Å². The Labute approximate surface area is 108 Å². The van der Waals surface area contributed by atoms with Crippen molar-refractivity contribution < 1.29 is 9.13 Å². The van der Waals surface area contributed by atoms with Crippen LogP contribution in [0.5, 0.6) is 11.5 Å². The molecule has 2 aromatic rings. The number of hydrogen-bond acceptors (Lipinski definition) is 1. The molecule has 0 saturated carbocycles. The fourth-order valence-corrected chi connectivity index (χ4v) is 1.83. The normalized spacial score (nSPS) is 10.4. The number of ether oxygens (including phenoxy) is 1. The molecule has 1 nitrogen and oxygen atoms in total. The first-order chi connectivity index (χ1) is 8.06. The van der Waals surface area contributed by atoms with Crippen molar-refractivity contribution in [3.8, 4) is 11.5 Å². The van der Waals surface area contributed by atoms with Gasteiger partial charge in [0, 0.05) is 4.47 Å². The Morgan fingerprint density at radius 3 is 2.00 bits per heavy atom. The van der Waals surface area contributed by atoms with Crippen molar-refractivity contribution >= 4 is 15.9 Å². The van der Waals surface area contributed by atoms with E-state index in [2.05, 4.69) is 15.9 Å². The Hall–Kier alpha value is -1.35. The highest BCUT2D eigenvalue weighted by molar-refractivity contribution is 9.10. The topological polar surface area (TPSA) is 9.23 Å². The number of halogens is 2. The molecule has 0 heterocycles. The molecule has 0 bridgehead atoms. The Morgan fingerprint density at radius 1 is 0.941 bits per heavy atom. The SMILES string of the molecule is Cc1cc(Oc2ccc(F)cc2)cc(C)c1Br. The van der Waals surface area contributed by atoms with Crippen LogP contribution in [-0.2, 0) is 0 Å². The Balaban J connectivity index is 2.27. The van der Waals surface area contributed by atoms with E-state index in [0.717, 1.165) is 21.3 Å². The molecule has 0 unspecified atom stereocenters. The lowest BCUT2D eigenvalue weighted by molar-refractivity contribution is 0.479. The summed E-state index contributed by atoms with van der Waals surface area (Å²) in [5, 5.41) is 0. The third-order valence-corrected chi connectivity index (χ3v) is 3.71. The molecule has 0 aromatic heterocycles. The summed E-state index contributed by atoms with van der Waals surface area (Å²) in [4.78, 5) is 0. The van der Waals surface area contributed by atoms with Gasteiger partial charge in [-0.25, -0.2) is 4.39 Å². The molecule has 3 heteroatoms. The molecule has 0 fully saturated rings. The molecule has 0 N–H and O–H groups in total. The Morgan fingerprint density at radius 2 is 1.47 bits per heavy atom. The second-order valence-electron chi connectivity index (χ2n) is 3.93. The highest BCUT2D eigenvalue weighted by atomic mass is 79.9. The van der Waals surface area contributed by atoms with Gasteiger partial charge in [-0.2, -0.15) is 0 Å². The van der Waals surface area contributed by atoms with Crippen molar-refractivity contribution in [2.45, 2.75) is 13.8 Å². The lowest BCUT2D eigenvalue weighted by atomic mass is 10.1. The first kappa shape index (κ1) is 12.1. The second kappa shape index (κ2) is 4.88. The van der Waals surface area contributed by atoms with Crippen molar-refractivity contribution in [1.29, 1.82) is 0 Å². The first-order valence-electron chi connectivity index (χ1n) is 5.26. The summed E-state index contributed by atoms with van der Waals surface area (Å²) in [5.74, 6) is 1.13. The molecule has 2 rings (SSSR count). The average Bonchev–Trinajstić information content (AvgIpc) is 2.29. The minimum Gasteiger partial charge on any atom is -0.457 e. The van der Waals surface area contributed by atoms with Crippen molar-refractivity contribution in [2.75, 3.05) is 0 Å². The Bertz CT molecular complexity index is 511. The first-order valence-corrected chi connectivity index (χ1v) is 6.06. The maximum absolute atomic E-state index is 12.7. The van der Waals surface area contributed by atoms with Crippen molar-refractivity contribution in [2.24, 2.45) is 0 Å². The summed E-state index contributed by atoms with van der Waals surface area (Å²) < 4.78 is 19.5. The van der Waals surface area contributed by atoms with Gasteiger partial charge in [-0.15, -0.1) is 0 Å². The molecule has 0 atom stereocenters. The van der Waals surface area contributed by atoms with Crippen molar-refractivity contribution in [1.82, 2.24) is 0 Å². The van der Waals surface area contributed by atoms with E-state index < -0.39 is 0 Å². The summed E-state index contributed by atoms with van der Waals surface area (Å²) in [7, 11) is 0. The van der Waals surface area contributed by atoms with Gasteiger partial charge >= 0.3 is 0 Å². The highest BCUT2D eigenvalue weighted by Gasteiger charge is 2.04. The van der Waals surface area contributed by atoms with E-state index in [1.165, 1.54) is 12.1 Å². The fraction of sp³-hybridized carbons (Fsp3) is 0.143. The molecule has 0 saturated heterocycles. The predicted molar refractivity (Wildman–Crippen MR) is 70.1 cm³/mol. The smallest absolute Gasteiger partial charge is 0.128 e. The summed E-state index contributed by atoms with van der Waals surface area (Å²) in [6, 6.07) is 9.88. The van der Waals surface area contributed by atoms with Crippen LogP contribution in [0.1, 0.15) is 11.1 Å². The summed E-state index contributed by atoms with van der Waals surface area (Å²) >= 11 is 3.50. The zero-order valence-corrected chi connectivity index (χ0v) is 11.2. The van der Waals surface area contributed by atoms with Gasteiger partial charge in [0.15, 0.2) is 0 Å².